The van der Waals surface area contributed by atoms with E-state index in [9.17, 15) is 4.79 Å². The second-order valence-corrected chi connectivity index (χ2v) is 3.71. The lowest BCUT2D eigenvalue weighted by Crippen LogP contribution is -2.37. The number of benzene rings is 1. The molecule has 92 valence electrons. The summed E-state index contributed by atoms with van der Waals surface area (Å²) in [6.07, 6.45) is 0.686. The standard InChI is InChI=1S/C12H15N3O.ClH/c1-9(16)15-8-12(14)6-10-2-4-11(7-13)5-3-10;/h2-5,12H,6,8,14H2,1H3,(H,15,16);1H/t12-;/m1./s1. The molecule has 0 saturated heterocycles. The summed E-state index contributed by atoms with van der Waals surface area (Å²) in [5, 5.41) is 11.3. The van der Waals surface area contributed by atoms with Crippen LogP contribution in [0.25, 0.3) is 0 Å². The smallest absolute Gasteiger partial charge is 0.216 e. The maximum absolute atomic E-state index is 10.7. The molecule has 0 spiro atoms. The first-order chi connectivity index (χ1) is 7.61. The van der Waals surface area contributed by atoms with Crippen LogP contribution in [-0.2, 0) is 11.2 Å². The van der Waals surface area contributed by atoms with Crippen molar-refractivity contribution in [1.82, 2.24) is 5.32 Å². The SMILES string of the molecule is CC(=O)NC[C@H](N)Cc1ccc(C#N)cc1.Cl. The van der Waals surface area contributed by atoms with E-state index >= 15 is 0 Å². The maximum Gasteiger partial charge on any atom is 0.216 e. The number of rotatable bonds is 4. The number of carbonyl (C=O) groups is 1. The molecule has 17 heavy (non-hydrogen) atoms. The van der Waals surface area contributed by atoms with Crippen LogP contribution in [0.15, 0.2) is 24.3 Å². The van der Waals surface area contributed by atoms with Crippen molar-refractivity contribution in [3.05, 3.63) is 35.4 Å². The second-order valence-electron chi connectivity index (χ2n) is 3.71. The van der Waals surface area contributed by atoms with E-state index in [4.69, 9.17) is 11.0 Å². The molecule has 1 aromatic rings. The zero-order valence-electron chi connectivity index (χ0n) is 9.64. The van der Waals surface area contributed by atoms with Gasteiger partial charge < -0.3 is 11.1 Å². The Hall–Kier alpha value is -1.57. The predicted octanol–water partition coefficient (Wildman–Crippen LogP) is 0.986. The minimum atomic E-state index is -0.100. The van der Waals surface area contributed by atoms with Crippen LogP contribution in [0, 0.1) is 11.3 Å². The van der Waals surface area contributed by atoms with E-state index < -0.39 is 0 Å². The van der Waals surface area contributed by atoms with Gasteiger partial charge in [-0.1, -0.05) is 12.1 Å². The average molecular weight is 254 g/mol. The largest absolute Gasteiger partial charge is 0.355 e. The first-order valence-corrected chi connectivity index (χ1v) is 5.11. The van der Waals surface area contributed by atoms with E-state index in [1.165, 1.54) is 6.92 Å². The summed E-state index contributed by atoms with van der Waals surface area (Å²) in [5.41, 5.74) is 7.55. The molecule has 1 aromatic carbocycles. The molecule has 0 aliphatic carbocycles. The van der Waals surface area contributed by atoms with Crippen molar-refractivity contribution in [2.75, 3.05) is 6.54 Å². The molecule has 0 heterocycles. The average Bonchev–Trinajstić information content (AvgIpc) is 2.27. The summed E-state index contributed by atoms with van der Waals surface area (Å²) in [6.45, 7) is 1.93. The Morgan fingerprint density at radius 3 is 2.53 bits per heavy atom. The minimum absolute atomic E-state index is 0. The van der Waals surface area contributed by atoms with Gasteiger partial charge in [0.2, 0.25) is 5.91 Å². The number of halogens is 1. The first kappa shape index (κ1) is 15.4. The molecule has 1 atom stereocenters. The summed E-state index contributed by atoms with van der Waals surface area (Å²) in [5.74, 6) is -0.0738. The lowest BCUT2D eigenvalue weighted by atomic mass is 10.1. The van der Waals surface area contributed by atoms with Crippen LogP contribution in [0.1, 0.15) is 18.1 Å². The molecule has 0 bridgehead atoms. The van der Waals surface area contributed by atoms with Crippen molar-refractivity contribution in [1.29, 1.82) is 5.26 Å². The highest BCUT2D eigenvalue weighted by Gasteiger charge is 2.04. The van der Waals surface area contributed by atoms with Crippen molar-refractivity contribution >= 4 is 18.3 Å². The Kier molecular flexibility index (Phi) is 6.95. The van der Waals surface area contributed by atoms with Gasteiger partial charge in [0, 0.05) is 19.5 Å². The van der Waals surface area contributed by atoms with Crippen LogP contribution < -0.4 is 11.1 Å². The van der Waals surface area contributed by atoms with Gasteiger partial charge in [0.25, 0.3) is 0 Å². The number of nitrogens with one attached hydrogen (secondary N) is 1. The van der Waals surface area contributed by atoms with Crippen LogP contribution in [-0.4, -0.2) is 18.5 Å². The molecule has 0 unspecified atom stereocenters. The van der Waals surface area contributed by atoms with Gasteiger partial charge in [-0.25, -0.2) is 0 Å². The molecule has 0 aliphatic heterocycles. The summed E-state index contributed by atoms with van der Waals surface area (Å²) in [4.78, 5) is 10.7. The number of hydrogen-bond donors (Lipinski definition) is 2. The van der Waals surface area contributed by atoms with Crippen molar-refractivity contribution in [2.24, 2.45) is 5.73 Å². The van der Waals surface area contributed by atoms with E-state index in [1.807, 2.05) is 12.1 Å². The fourth-order valence-electron chi connectivity index (χ4n) is 1.37. The summed E-state index contributed by atoms with van der Waals surface area (Å²) in [7, 11) is 0. The van der Waals surface area contributed by atoms with Crippen LogP contribution in [0.3, 0.4) is 0 Å². The molecule has 0 aliphatic rings. The third kappa shape index (κ3) is 5.91. The highest BCUT2D eigenvalue weighted by Crippen LogP contribution is 2.05. The Balaban J connectivity index is 0.00000256. The third-order valence-electron chi connectivity index (χ3n) is 2.19. The fraction of sp³-hybridized carbons (Fsp3) is 0.333. The van der Waals surface area contributed by atoms with Gasteiger partial charge in [0.05, 0.1) is 11.6 Å². The van der Waals surface area contributed by atoms with Crippen LogP contribution in [0.2, 0.25) is 0 Å². The molecule has 0 aromatic heterocycles. The molecule has 4 nitrogen and oxygen atoms in total. The Bertz CT molecular complexity index is 397. The number of nitrogens with zero attached hydrogens (tertiary/aromatic N) is 1. The predicted molar refractivity (Wildman–Crippen MR) is 68.8 cm³/mol. The summed E-state index contributed by atoms with van der Waals surface area (Å²) in [6, 6.07) is 9.25. The molecule has 5 heteroatoms. The van der Waals surface area contributed by atoms with Gasteiger partial charge in [-0.2, -0.15) is 5.26 Å². The van der Waals surface area contributed by atoms with Crippen LogP contribution >= 0.6 is 12.4 Å². The number of nitrogens with two attached hydrogens (primary N) is 1. The van der Waals surface area contributed by atoms with Gasteiger partial charge in [-0.05, 0) is 24.1 Å². The van der Waals surface area contributed by atoms with Crippen molar-refractivity contribution in [3.8, 4) is 6.07 Å². The fourth-order valence-corrected chi connectivity index (χ4v) is 1.37. The quantitative estimate of drug-likeness (QED) is 0.840. The molecule has 3 N–H and O–H groups in total. The van der Waals surface area contributed by atoms with Gasteiger partial charge >= 0.3 is 0 Å². The Labute approximate surface area is 107 Å². The zero-order chi connectivity index (χ0) is 12.0. The molecular weight excluding hydrogens is 238 g/mol. The molecule has 0 fully saturated rings. The van der Waals surface area contributed by atoms with Gasteiger partial charge in [-0.3, -0.25) is 4.79 Å². The van der Waals surface area contributed by atoms with Crippen molar-refractivity contribution < 1.29 is 4.79 Å². The van der Waals surface area contributed by atoms with Gasteiger partial charge in [0.1, 0.15) is 0 Å². The van der Waals surface area contributed by atoms with E-state index in [1.54, 1.807) is 12.1 Å². The van der Waals surface area contributed by atoms with Crippen molar-refractivity contribution in [2.45, 2.75) is 19.4 Å². The molecule has 0 saturated carbocycles. The molecule has 1 amide bonds. The summed E-state index contributed by atoms with van der Waals surface area (Å²) < 4.78 is 0. The second kappa shape index (κ2) is 7.66. The number of carbonyl (C=O) groups excluding carboxylic acids is 1. The highest BCUT2D eigenvalue weighted by atomic mass is 35.5. The van der Waals surface area contributed by atoms with Crippen molar-refractivity contribution in [3.63, 3.8) is 0 Å². The topological polar surface area (TPSA) is 78.9 Å². The highest BCUT2D eigenvalue weighted by molar-refractivity contribution is 5.85. The van der Waals surface area contributed by atoms with Gasteiger partial charge in [0.15, 0.2) is 0 Å². The Morgan fingerprint density at radius 2 is 2.06 bits per heavy atom. The third-order valence-corrected chi connectivity index (χ3v) is 2.19. The van der Waals surface area contributed by atoms with E-state index in [0.717, 1.165) is 5.56 Å². The monoisotopic (exact) mass is 253 g/mol. The molecule has 1 rings (SSSR count). The van der Waals surface area contributed by atoms with Crippen LogP contribution in [0.5, 0.6) is 0 Å². The minimum Gasteiger partial charge on any atom is -0.355 e. The molecular formula is C12H16ClN3O. The summed E-state index contributed by atoms with van der Waals surface area (Å²) >= 11 is 0. The number of nitriles is 1. The lowest BCUT2D eigenvalue weighted by Gasteiger charge is -2.11. The van der Waals surface area contributed by atoms with E-state index in [2.05, 4.69) is 11.4 Å². The van der Waals surface area contributed by atoms with E-state index in [0.29, 0.717) is 18.5 Å². The number of amides is 1. The Morgan fingerprint density at radius 1 is 1.47 bits per heavy atom. The first-order valence-electron chi connectivity index (χ1n) is 5.11. The maximum atomic E-state index is 10.7. The lowest BCUT2D eigenvalue weighted by molar-refractivity contribution is -0.119. The number of hydrogen-bond acceptors (Lipinski definition) is 3. The normalized spacial score (nSPS) is 10.9. The molecule has 0 radical (unpaired) electrons. The van der Waals surface area contributed by atoms with Gasteiger partial charge in [-0.15, -0.1) is 12.4 Å². The zero-order valence-corrected chi connectivity index (χ0v) is 10.5. The van der Waals surface area contributed by atoms with E-state index in [-0.39, 0.29) is 24.4 Å². The van der Waals surface area contributed by atoms with Crippen LogP contribution in [0.4, 0.5) is 0 Å².